The molecule has 1 heterocycles. The molecular formula is C11H19ClO4. The van der Waals surface area contributed by atoms with Crippen LogP contribution >= 0.6 is 12.4 Å². The van der Waals surface area contributed by atoms with E-state index in [1.807, 2.05) is 0 Å². The Morgan fingerprint density at radius 1 is 1.44 bits per heavy atom. The molecule has 0 bridgehead atoms. The van der Waals surface area contributed by atoms with E-state index in [0.29, 0.717) is 19.4 Å². The van der Waals surface area contributed by atoms with Gasteiger partial charge in [0.15, 0.2) is 5.79 Å². The summed E-state index contributed by atoms with van der Waals surface area (Å²) in [5.74, 6) is -1.34. The van der Waals surface area contributed by atoms with E-state index in [2.05, 4.69) is 6.92 Å². The summed E-state index contributed by atoms with van der Waals surface area (Å²) in [6.45, 7) is 2.74. The number of halogens is 1. The van der Waals surface area contributed by atoms with Crippen LogP contribution < -0.4 is 0 Å². The van der Waals surface area contributed by atoms with Crippen molar-refractivity contribution in [1.29, 1.82) is 0 Å². The van der Waals surface area contributed by atoms with Crippen LogP contribution in [0, 0.1) is 5.92 Å². The number of hydrogen-bond acceptors (Lipinski definition) is 3. The Morgan fingerprint density at radius 3 is 2.50 bits per heavy atom. The fourth-order valence-electron chi connectivity index (χ4n) is 2.38. The highest BCUT2D eigenvalue weighted by Crippen LogP contribution is 2.40. The van der Waals surface area contributed by atoms with Crippen molar-refractivity contribution in [2.24, 2.45) is 5.92 Å². The first-order chi connectivity index (χ1) is 7.15. The lowest BCUT2D eigenvalue weighted by atomic mass is 9.85. The number of aliphatic carboxylic acids is 1. The SMILES string of the molecule is CCC1COC2(CCC(C(=O)O)CC2)O1.Cl. The zero-order valence-electron chi connectivity index (χ0n) is 9.48. The normalized spacial score (nSPS) is 38.3. The van der Waals surface area contributed by atoms with Crippen molar-refractivity contribution in [2.45, 2.75) is 50.9 Å². The summed E-state index contributed by atoms with van der Waals surface area (Å²) in [5, 5.41) is 8.89. The van der Waals surface area contributed by atoms with Gasteiger partial charge in [-0.3, -0.25) is 4.79 Å². The molecule has 2 fully saturated rings. The van der Waals surface area contributed by atoms with Crippen molar-refractivity contribution in [1.82, 2.24) is 0 Å². The summed E-state index contributed by atoms with van der Waals surface area (Å²) >= 11 is 0. The van der Waals surface area contributed by atoms with Crippen molar-refractivity contribution < 1.29 is 19.4 Å². The average molecular weight is 251 g/mol. The lowest BCUT2D eigenvalue weighted by Crippen LogP contribution is -2.37. The molecule has 0 radical (unpaired) electrons. The highest BCUT2D eigenvalue weighted by Gasteiger charge is 2.44. The molecule has 1 N–H and O–H groups in total. The first-order valence-corrected chi connectivity index (χ1v) is 5.70. The molecule has 1 spiro atoms. The number of hydrogen-bond donors (Lipinski definition) is 1. The van der Waals surface area contributed by atoms with Gasteiger partial charge < -0.3 is 14.6 Å². The molecule has 0 aromatic carbocycles. The molecular weight excluding hydrogens is 232 g/mol. The molecule has 4 nitrogen and oxygen atoms in total. The first kappa shape index (κ1) is 13.7. The molecule has 1 aliphatic carbocycles. The van der Waals surface area contributed by atoms with Crippen LogP contribution in [0.2, 0.25) is 0 Å². The number of carboxylic acids is 1. The van der Waals surface area contributed by atoms with Crippen LogP contribution in [0.25, 0.3) is 0 Å². The Morgan fingerprint density at radius 2 is 2.06 bits per heavy atom. The number of ether oxygens (including phenoxy) is 2. The molecule has 2 rings (SSSR count). The smallest absolute Gasteiger partial charge is 0.306 e. The molecule has 1 atom stereocenters. The van der Waals surface area contributed by atoms with Crippen LogP contribution in [0.1, 0.15) is 39.0 Å². The zero-order valence-corrected chi connectivity index (χ0v) is 10.3. The van der Waals surface area contributed by atoms with E-state index in [1.165, 1.54) is 0 Å². The standard InChI is InChI=1S/C11H18O4.ClH/c1-2-9-7-14-11(15-9)5-3-8(4-6-11)10(12)13;/h8-9H,2-7H2,1H3,(H,12,13);1H. The van der Waals surface area contributed by atoms with E-state index in [1.54, 1.807) is 0 Å². The minimum Gasteiger partial charge on any atom is -0.481 e. The number of carboxylic acid groups (broad SMARTS) is 1. The van der Waals surface area contributed by atoms with Crippen molar-refractivity contribution in [3.63, 3.8) is 0 Å². The third-order valence-corrected chi connectivity index (χ3v) is 3.47. The minimum atomic E-state index is -0.685. The largest absolute Gasteiger partial charge is 0.481 e. The molecule has 2 aliphatic rings. The lowest BCUT2D eigenvalue weighted by Gasteiger charge is -2.34. The Bertz CT molecular complexity index is 248. The molecule has 1 unspecified atom stereocenters. The second-order valence-corrected chi connectivity index (χ2v) is 4.48. The summed E-state index contributed by atoms with van der Waals surface area (Å²) < 4.78 is 11.5. The van der Waals surface area contributed by atoms with Gasteiger partial charge in [-0.1, -0.05) is 6.92 Å². The van der Waals surface area contributed by atoms with Crippen molar-refractivity contribution in [3.8, 4) is 0 Å². The van der Waals surface area contributed by atoms with Crippen molar-refractivity contribution >= 4 is 18.4 Å². The first-order valence-electron chi connectivity index (χ1n) is 5.70. The molecule has 0 aromatic heterocycles. The fraction of sp³-hybridized carbons (Fsp3) is 0.909. The maximum absolute atomic E-state index is 10.8. The number of rotatable bonds is 2. The van der Waals surface area contributed by atoms with Gasteiger partial charge in [0.2, 0.25) is 0 Å². The second kappa shape index (κ2) is 5.34. The third kappa shape index (κ3) is 2.67. The van der Waals surface area contributed by atoms with E-state index in [0.717, 1.165) is 19.3 Å². The van der Waals surface area contributed by atoms with Crippen LogP contribution in [-0.2, 0) is 14.3 Å². The van der Waals surface area contributed by atoms with Crippen LogP contribution in [-0.4, -0.2) is 29.6 Å². The van der Waals surface area contributed by atoms with Gasteiger partial charge in [-0.25, -0.2) is 0 Å². The molecule has 1 saturated carbocycles. The summed E-state index contributed by atoms with van der Waals surface area (Å²) in [5.41, 5.74) is 0. The van der Waals surface area contributed by atoms with Gasteiger partial charge in [-0.2, -0.15) is 0 Å². The summed E-state index contributed by atoms with van der Waals surface area (Å²) in [6, 6.07) is 0. The quantitative estimate of drug-likeness (QED) is 0.816. The lowest BCUT2D eigenvalue weighted by molar-refractivity contribution is -0.195. The van der Waals surface area contributed by atoms with Gasteiger partial charge in [0, 0.05) is 12.8 Å². The van der Waals surface area contributed by atoms with E-state index in [4.69, 9.17) is 14.6 Å². The summed E-state index contributed by atoms with van der Waals surface area (Å²) in [6.07, 6.45) is 3.95. The van der Waals surface area contributed by atoms with Crippen LogP contribution in [0.4, 0.5) is 0 Å². The van der Waals surface area contributed by atoms with Crippen LogP contribution in [0.5, 0.6) is 0 Å². The van der Waals surface area contributed by atoms with Gasteiger partial charge in [0.1, 0.15) is 0 Å². The Kier molecular flexibility index (Phi) is 4.59. The highest BCUT2D eigenvalue weighted by atomic mass is 35.5. The van der Waals surface area contributed by atoms with E-state index >= 15 is 0 Å². The second-order valence-electron chi connectivity index (χ2n) is 4.48. The van der Waals surface area contributed by atoms with E-state index in [9.17, 15) is 4.79 Å². The summed E-state index contributed by atoms with van der Waals surface area (Å²) in [7, 11) is 0. The van der Waals surface area contributed by atoms with Crippen LogP contribution in [0.15, 0.2) is 0 Å². The van der Waals surface area contributed by atoms with Crippen molar-refractivity contribution in [3.05, 3.63) is 0 Å². The Balaban J connectivity index is 0.00000128. The molecule has 94 valence electrons. The van der Waals surface area contributed by atoms with Gasteiger partial charge in [0.25, 0.3) is 0 Å². The van der Waals surface area contributed by atoms with Crippen LogP contribution in [0.3, 0.4) is 0 Å². The predicted molar refractivity (Wildman–Crippen MR) is 60.7 cm³/mol. The maximum Gasteiger partial charge on any atom is 0.306 e. The molecule has 0 amide bonds. The monoisotopic (exact) mass is 250 g/mol. The van der Waals surface area contributed by atoms with E-state index in [-0.39, 0.29) is 24.4 Å². The highest BCUT2D eigenvalue weighted by molar-refractivity contribution is 5.85. The molecule has 1 aliphatic heterocycles. The van der Waals surface area contributed by atoms with Gasteiger partial charge in [-0.05, 0) is 19.3 Å². The fourth-order valence-corrected chi connectivity index (χ4v) is 2.38. The van der Waals surface area contributed by atoms with Crippen molar-refractivity contribution in [2.75, 3.05) is 6.61 Å². The molecule has 5 heteroatoms. The average Bonchev–Trinajstić information content (AvgIpc) is 2.62. The van der Waals surface area contributed by atoms with E-state index < -0.39 is 11.8 Å². The molecule has 1 saturated heterocycles. The predicted octanol–water partition coefficient (Wildman–Crippen LogP) is 2.20. The third-order valence-electron chi connectivity index (χ3n) is 3.47. The summed E-state index contributed by atoms with van der Waals surface area (Å²) in [4.78, 5) is 10.8. The number of carbonyl (C=O) groups is 1. The molecule has 16 heavy (non-hydrogen) atoms. The Hall–Kier alpha value is -0.320. The molecule has 0 aromatic rings. The topological polar surface area (TPSA) is 55.8 Å². The Labute approximate surface area is 102 Å². The zero-order chi connectivity index (χ0) is 10.9. The maximum atomic E-state index is 10.8. The van der Waals surface area contributed by atoms with Gasteiger partial charge in [0.05, 0.1) is 18.6 Å². The minimum absolute atomic E-state index is 0. The van der Waals surface area contributed by atoms with Gasteiger partial charge >= 0.3 is 5.97 Å². The van der Waals surface area contributed by atoms with Gasteiger partial charge in [-0.15, -0.1) is 12.4 Å².